The van der Waals surface area contributed by atoms with Crippen molar-refractivity contribution in [3.63, 3.8) is 0 Å². The molecule has 7 heteroatoms. The molecule has 2 N–H and O–H groups in total. The lowest BCUT2D eigenvalue weighted by atomic mass is 10.3. The average Bonchev–Trinajstić information content (AvgIpc) is 2.82. The van der Waals surface area contributed by atoms with E-state index in [0.29, 0.717) is 6.54 Å². The van der Waals surface area contributed by atoms with Gasteiger partial charge in [-0.15, -0.1) is 24.0 Å². The van der Waals surface area contributed by atoms with E-state index in [1.54, 1.807) is 7.11 Å². The molecule has 1 fully saturated rings. The molecule has 0 saturated carbocycles. The Labute approximate surface area is 139 Å². The summed E-state index contributed by atoms with van der Waals surface area (Å²) in [5.41, 5.74) is 0. The van der Waals surface area contributed by atoms with Gasteiger partial charge in [0.1, 0.15) is 0 Å². The van der Waals surface area contributed by atoms with Crippen LogP contribution in [-0.4, -0.2) is 87.0 Å². The Morgan fingerprint density at radius 3 is 2.80 bits per heavy atom. The number of hydrogen-bond acceptors (Lipinski definition) is 4. The highest BCUT2D eigenvalue weighted by atomic mass is 127. The minimum atomic E-state index is -0.215. The van der Waals surface area contributed by atoms with Crippen LogP contribution in [0.1, 0.15) is 13.3 Å². The Morgan fingerprint density at radius 2 is 2.25 bits per heavy atom. The predicted molar refractivity (Wildman–Crippen MR) is 93.0 cm³/mol. The van der Waals surface area contributed by atoms with Gasteiger partial charge in [0.15, 0.2) is 5.96 Å². The van der Waals surface area contributed by atoms with Gasteiger partial charge in [0.05, 0.1) is 19.3 Å². The topological polar surface area (TPSA) is 60.3 Å². The summed E-state index contributed by atoms with van der Waals surface area (Å²) >= 11 is 0. The maximum Gasteiger partial charge on any atom is 0.194 e. The molecule has 1 aliphatic rings. The summed E-state index contributed by atoms with van der Waals surface area (Å²) in [5.74, 6) is 0.916. The molecule has 0 aliphatic carbocycles. The molecule has 0 spiro atoms. The molecule has 0 bridgehead atoms. The number of ether oxygens (including phenoxy) is 1. The maximum absolute atomic E-state index is 9.58. The molecule has 1 aliphatic heterocycles. The van der Waals surface area contributed by atoms with E-state index in [9.17, 15) is 5.11 Å². The zero-order chi connectivity index (χ0) is 14.1. The predicted octanol–water partition coefficient (Wildman–Crippen LogP) is 0.215. The number of rotatable bonds is 7. The van der Waals surface area contributed by atoms with Crippen LogP contribution in [0.25, 0.3) is 0 Å². The Morgan fingerprint density at radius 1 is 1.50 bits per heavy atom. The molecule has 0 aromatic carbocycles. The average molecular weight is 400 g/mol. The third-order valence-electron chi connectivity index (χ3n) is 3.22. The largest absolute Gasteiger partial charge is 0.391 e. The molecular weight excluding hydrogens is 371 g/mol. The van der Waals surface area contributed by atoms with Gasteiger partial charge in [0, 0.05) is 39.8 Å². The summed E-state index contributed by atoms with van der Waals surface area (Å²) in [5, 5.41) is 12.9. The monoisotopic (exact) mass is 400 g/mol. The van der Waals surface area contributed by atoms with E-state index in [-0.39, 0.29) is 30.1 Å². The van der Waals surface area contributed by atoms with Crippen LogP contribution in [0.15, 0.2) is 4.99 Å². The zero-order valence-corrected chi connectivity index (χ0v) is 15.2. The van der Waals surface area contributed by atoms with E-state index in [4.69, 9.17) is 4.74 Å². The molecule has 1 heterocycles. The fourth-order valence-electron chi connectivity index (χ4n) is 2.05. The summed E-state index contributed by atoms with van der Waals surface area (Å²) in [6.45, 7) is 7.82. The van der Waals surface area contributed by atoms with Crippen molar-refractivity contribution in [1.82, 2.24) is 15.1 Å². The fraction of sp³-hybridized carbons (Fsp3) is 0.923. The molecule has 120 valence electrons. The first-order valence-electron chi connectivity index (χ1n) is 7.06. The van der Waals surface area contributed by atoms with Gasteiger partial charge >= 0.3 is 0 Å². The van der Waals surface area contributed by atoms with Crippen molar-refractivity contribution in [3.05, 3.63) is 0 Å². The molecule has 1 rings (SSSR count). The van der Waals surface area contributed by atoms with E-state index in [2.05, 4.69) is 34.1 Å². The Kier molecular flexibility index (Phi) is 11.5. The molecule has 20 heavy (non-hydrogen) atoms. The summed E-state index contributed by atoms with van der Waals surface area (Å²) in [6, 6.07) is 0. The van der Waals surface area contributed by atoms with Crippen LogP contribution in [0, 0.1) is 0 Å². The quantitative estimate of drug-likeness (QED) is 0.364. The third kappa shape index (κ3) is 7.61. The molecular formula is C13H29IN4O2. The van der Waals surface area contributed by atoms with Gasteiger partial charge in [0.2, 0.25) is 0 Å². The number of likely N-dealkylation sites (tertiary alicyclic amines) is 1. The van der Waals surface area contributed by atoms with Crippen LogP contribution in [0.2, 0.25) is 0 Å². The van der Waals surface area contributed by atoms with Gasteiger partial charge in [-0.1, -0.05) is 0 Å². The van der Waals surface area contributed by atoms with Crippen LogP contribution in [0.5, 0.6) is 0 Å². The Balaban J connectivity index is 0.00000361. The lowest BCUT2D eigenvalue weighted by Gasteiger charge is -2.21. The molecule has 0 amide bonds. The Hall–Kier alpha value is -0.120. The fourth-order valence-corrected chi connectivity index (χ4v) is 2.05. The first-order chi connectivity index (χ1) is 9.17. The SMILES string of the molecule is CCNC(=NCCN(C)CCOC)N1CC[C@@H](O)C1.I. The molecule has 1 saturated heterocycles. The number of nitrogens with zero attached hydrogens (tertiary/aromatic N) is 3. The lowest BCUT2D eigenvalue weighted by molar-refractivity contribution is 0.162. The van der Waals surface area contributed by atoms with Crippen molar-refractivity contribution >= 4 is 29.9 Å². The highest BCUT2D eigenvalue weighted by Crippen LogP contribution is 2.08. The lowest BCUT2D eigenvalue weighted by Crippen LogP contribution is -2.41. The standard InChI is InChI=1S/C13H28N4O2.HI/c1-4-14-13(17-7-5-12(18)11-17)15-6-8-16(2)9-10-19-3;/h12,18H,4-11H2,1-3H3,(H,14,15);1H/t12-;/m1./s1. The second kappa shape index (κ2) is 11.5. The number of likely N-dealkylation sites (N-methyl/N-ethyl adjacent to an activating group) is 1. The maximum atomic E-state index is 9.58. The van der Waals surface area contributed by atoms with Crippen molar-refractivity contribution < 1.29 is 9.84 Å². The van der Waals surface area contributed by atoms with E-state index in [0.717, 1.165) is 51.7 Å². The summed E-state index contributed by atoms with van der Waals surface area (Å²) < 4.78 is 5.05. The van der Waals surface area contributed by atoms with Gasteiger partial charge in [-0.2, -0.15) is 0 Å². The van der Waals surface area contributed by atoms with Crippen molar-refractivity contribution in [2.75, 3.05) is 60.0 Å². The van der Waals surface area contributed by atoms with E-state index >= 15 is 0 Å². The van der Waals surface area contributed by atoms with E-state index < -0.39 is 0 Å². The molecule has 1 atom stereocenters. The number of methoxy groups -OCH3 is 1. The van der Waals surface area contributed by atoms with Gasteiger partial charge in [0.25, 0.3) is 0 Å². The summed E-state index contributed by atoms with van der Waals surface area (Å²) in [7, 11) is 3.79. The van der Waals surface area contributed by atoms with Crippen molar-refractivity contribution in [2.24, 2.45) is 4.99 Å². The molecule has 0 aromatic heterocycles. The minimum Gasteiger partial charge on any atom is -0.391 e. The number of hydrogen-bond donors (Lipinski definition) is 2. The smallest absolute Gasteiger partial charge is 0.194 e. The van der Waals surface area contributed by atoms with E-state index in [1.165, 1.54) is 0 Å². The summed E-state index contributed by atoms with van der Waals surface area (Å²) in [6.07, 6.45) is 0.617. The van der Waals surface area contributed by atoms with Gasteiger partial charge in [-0.05, 0) is 20.4 Å². The van der Waals surface area contributed by atoms with Crippen molar-refractivity contribution in [1.29, 1.82) is 0 Å². The van der Waals surface area contributed by atoms with E-state index in [1.807, 2.05) is 0 Å². The van der Waals surface area contributed by atoms with Crippen LogP contribution in [-0.2, 0) is 4.74 Å². The first-order valence-corrected chi connectivity index (χ1v) is 7.06. The normalized spacial score (nSPS) is 19.4. The number of guanidine groups is 1. The number of aliphatic hydroxyl groups is 1. The first kappa shape index (κ1) is 19.9. The van der Waals surface area contributed by atoms with Crippen LogP contribution >= 0.6 is 24.0 Å². The highest BCUT2D eigenvalue weighted by Gasteiger charge is 2.22. The minimum absolute atomic E-state index is 0. The number of aliphatic hydroxyl groups excluding tert-OH is 1. The van der Waals surface area contributed by atoms with Crippen LogP contribution in [0.3, 0.4) is 0 Å². The Bertz CT molecular complexity index is 279. The van der Waals surface area contributed by atoms with Gasteiger partial charge < -0.3 is 25.0 Å². The number of halogens is 1. The second-order valence-electron chi connectivity index (χ2n) is 4.92. The highest BCUT2D eigenvalue weighted by molar-refractivity contribution is 14.0. The number of aliphatic imine (C=N–C) groups is 1. The molecule has 6 nitrogen and oxygen atoms in total. The molecule has 0 radical (unpaired) electrons. The van der Waals surface area contributed by atoms with Gasteiger partial charge in [-0.3, -0.25) is 4.99 Å². The van der Waals surface area contributed by atoms with Crippen molar-refractivity contribution in [3.8, 4) is 0 Å². The summed E-state index contributed by atoms with van der Waals surface area (Å²) in [4.78, 5) is 8.95. The molecule has 0 aromatic rings. The number of β-amino-alcohol motifs (C(OH)–C–C–N with tert-alkyl or cyclic N) is 1. The molecule has 0 unspecified atom stereocenters. The number of nitrogens with one attached hydrogen (secondary N) is 1. The van der Waals surface area contributed by atoms with Crippen LogP contribution < -0.4 is 5.32 Å². The zero-order valence-electron chi connectivity index (χ0n) is 12.8. The van der Waals surface area contributed by atoms with Gasteiger partial charge in [-0.25, -0.2) is 0 Å². The second-order valence-corrected chi connectivity index (χ2v) is 4.92. The third-order valence-corrected chi connectivity index (χ3v) is 3.22. The van der Waals surface area contributed by atoms with Crippen LogP contribution in [0.4, 0.5) is 0 Å². The van der Waals surface area contributed by atoms with Crippen molar-refractivity contribution in [2.45, 2.75) is 19.4 Å².